The molecule has 1 rings (SSSR count). The molecule has 10 nitrogen and oxygen atoms in total. The van der Waals surface area contributed by atoms with Crippen LogP contribution in [0.2, 0.25) is 0 Å². The van der Waals surface area contributed by atoms with Crippen LogP contribution in [0.3, 0.4) is 0 Å². The lowest BCUT2D eigenvalue weighted by Crippen LogP contribution is -2.66. The highest BCUT2D eigenvalue weighted by Crippen LogP contribution is 2.39. The minimum absolute atomic E-state index is 0.789. The minimum atomic E-state index is -4.92. The van der Waals surface area contributed by atoms with Gasteiger partial charge in [0, 0.05) is 0 Å². The van der Waals surface area contributed by atoms with Gasteiger partial charge in [-0.3, -0.25) is 4.52 Å². The molecule has 1 aliphatic heterocycles. The Labute approximate surface area is 101 Å². The maximum absolute atomic E-state index is 10.5. The Bertz CT molecular complexity index is 328. The highest BCUT2D eigenvalue weighted by Gasteiger charge is 2.53. The first-order valence-electron chi connectivity index (χ1n) is 4.86. The van der Waals surface area contributed by atoms with E-state index in [4.69, 9.17) is 19.6 Å². The molecule has 1 aliphatic rings. The van der Waals surface area contributed by atoms with Crippen LogP contribution in [0.25, 0.3) is 0 Å². The van der Waals surface area contributed by atoms with Gasteiger partial charge in [0.15, 0.2) is 0 Å². The number of hydrogen-bond acceptors (Lipinski definition) is 8. The summed E-state index contributed by atoms with van der Waals surface area (Å²) in [5, 5.41) is 46.9. The standard InChI is InChI=1S/C7H15O10P/c8-1-3-4(9)5(10)6(11)7(12,17-3)2-16-18(13,14)15/h3-6,8-12H,1-2H2,(H2,13,14,15)/t3-,4-,5-,6+,7?/m1/s1. The first kappa shape index (κ1) is 15.9. The van der Waals surface area contributed by atoms with Crippen molar-refractivity contribution in [1.82, 2.24) is 0 Å². The Morgan fingerprint density at radius 2 is 1.78 bits per heavy atom. The van der Waals surface area contributed by atoms with Crippen LogP contribution in [0.5, 0.6) is 0 Å². The van der Waals surface area contributed by atoms with Crippen LogP contribution in [-0.2, 0) is 13.8 Å². The quantitative estimate of drug-likeness (QED) is 0.254. The van der Waals surface area contributed by atoms with Gasteiger partial charge in [-0.2, -0.15) is 0 Å². The van der Waals surface area contributed by atoms with E-state index in [1.807, 2.05) is 0 Å². The Balaban J connectivity index is 2.82. The number of hydrogen-bond donors (Lipinski definition) is 7. The second kappa shape index (κ2) is 5.47. The Morgan fingerprint density at radius 3 is 2.22 bits per heavy atom. The molecule has 0 aromatic carbocycles. The second-order valence-corrected chi connectivity index (χ2v) is 5.11. The molecule has 11 heteroatoms. The first-order chi connectivity index (χ1) is 8.10. The summed E-state index contributed by atoms with van der Waals surface area (Å²) in [6.07, 6.45) is -7.04. The summed E-state index contributed by atoms with van der Waals surface area (Å²) in [4.78, 5) is 16.9. The summed E-state index contributed by atoms with van der Waals surface area (Å²) >= 11 is 0. The molecular formula is C7H15O10P. The molecule has 0 aliphatic carbocycles. The van der Waals surface area contributed by atoms with Gasteiger partial charge in [0.2, 0.25) is 5.79 Å². The van der Waals surface area contributed by atoms with Crippen LogP contribution in [0.4, 0.5) is 0 Å². The first-order valence-corrected chi connectivity index (χ1v) is 6.39. The van der Waals surface area contributed by atoms with Gasteiger partial charge < -0.3 is 40.1 Å². The molecule has 0 amide bonds. The van der Waals surface area contributed by atoms with Crippen molar-refractivity contribution in [2.24, 2.45) is 0 Å². The average Bonchev–Trinajstić information content (AvgIpc) is 2.28. The van der Waals surface area contributed by atoms with Crippen molar-refractivity contribution in [3.05, 3.63) is 0 Å². The molecule has 1 unspecified atom stereocenters. The Morgan fingerprint density at radius 1 is 1.22 bits per heavy atom. The molecule has 0 aromatic rings. The van der Waals surface area contributed by atoms with E-state index in [0.29, 0.717) is 0 Å². The fourth-order valence-electron chi connectivity index (χ4n) is 1.52. The summed E-state index contributed by atoms with van der Waals surface area (Å²) in [5.74, 6) is -2.66. The fourth-order valence-corrected chi connectivity index (χ4v) is 1.87. The van der Waals surface area contributed by atoms with Crippen molar-refractivity contribution < 1.29 is 49.1 Å². The minimum Gasteiger partial charge on any atom is -0.394 e. The zero-order valence-electron chi connectivity index (χ0n) is 9.03. The predicted molar refractivity (Wildman–Crippen MR) is 52.9 cm³/mol. The van der Waals surface area contributed by atoms with Gasteiger partial charge in [0.1, 0.15) is 31.0 Å². The van der Waals surface area contributed by atoms with E-state index in [-0.39, 0.29) is 0 Å². The van der Waals surface area contributed by atoms with E-state index in [9.17, 15) is 25.0 Å². The number of phosphoric ester groups is 1. The molecule has 0 radical (unpaired) electrons. The smallest absolute Gasteiger partial charge is 0.394 e. The lowest BCUT2D eigenvalue weighted by molar-refractivity contribution is -0.356. The van der Waals surface area contributed by atoms with E-state index >= 15 is 0 Å². The molecule has 0 saturated carbocycles. The number of rotatable bonds is 4. The van der Waals surface area contributed by atoms with Crippen molar-refractivity contribution in [1.29, 1.82) is 0 Å². The van der Waals surface area contributed by atoms with E-state index in [1.54, 1.807) is 0 Å². The molecular weight excluding hydrogens is 275 g/mol. The third kappa shape index (κ3) is 3.45. The molecule has 0 bridgehead atoms. The van der Waals surface area contributed by atoms with Gasteiger partial charge in [-0.15, -0.1) is 0 Å². The molecule has 5 atom stereocenters. The van der Waals surface area contributed by atoms with Gasteiger partial charge in [-0.1, -0.05) is 0 Å². The van der Waals surface area contributed by atoms with Gasteiger partial charge in [-0.25, -0.2) is 4.57 Å². The van der Waals surface area contributed by atoms with Crippen molar-refractivity contribution in [3.8, 4) is 0 Å². The SMILES string of the molecule is O=P(O)(O)OCC1(O)O[C@H](CO)[C@@H](O)[C@@H](O)[C@@H]1O. The van der Waals surface area contributed by atoms with Crippen LogP contribution in [0.15, 0.2) is 0 Å². The highest BCUT2D eigenvalue weighted by molar-refractivity contribution is 7.46. The largest absolute Gasteiger partial charge is 0.469 e. The molecule has 0 spiro atoms. The molecule has 108 valence electrons. The van der Waals surface area contributed by atoms with E-state index in [1.165, 1.54) is 0 Å². The second-order valence-electron chi connectivity index (χ2n) is 3.87. The number of ether oxygens (including phenoxy) is 1. The Hall–Kier alpha value is -0.130. The van der Waals surface area contributed by atoms with Crippen molar-refractivity contribution in [2.45, 2.75) is 30.2 Å². The van der Waals surface area contributed by atoms with Gasteiger partial charge in [0.05, 0.1) is 6.61 Å². The molecule has 1 fully saturated rings. The van der Waals surface area contributed by atoms with Gasteiger partial charge in [-0.05, 0) is 0 Å². The van der Waals surface area contributed by atoms with Crippen molar-refractivity contribution in [3.63, 3.8) is 0 Å². The zero-order chi connectivity index (χ0) is 14.1. The lowest BCUT2D eigenvalue weighted by Gasteiger charge is -2.44. The summed E-state index contributed by atoms with van der Waals surface area (Å²) < 4.78 is 19.1. The van der Waals surface area contributed by atoms with Crippen molar-refractivity contribution >= 4 is 7.82 Å². The van der Waals surface area contributed by atoms with E-state index < -0.39 is 51.2 Å². The summed E-state index contributed by atoms with van der Waals surface area (Å²) in [6, 6.07) is 0. The average molecular weight is 290 g/mol. The van der Waals surface area contributed by atoms with E-state index in [2.05, 4.69) is 4.52 Å². The number of aliphatic hydroxyl groups excluding tert-OH is 4. The maximum Gasteiger partial charge on any atom is 0.469 e. The maximum atomic E-state index is 10.5. The van der Waals surface area contributed by atoms with Crippen LogP contribution in [0, 0.1) is 0 Å². The third-order valence-corrected chi connectivity index (χ3v) is 2.96. The molecule has 1 saturated heterocycles. The number of aliphatic hydroxyl groups is 5. The summed E-state index contributed by atoms with van der Waals surface area (Å²) in [7, 11) is -4.92. The van der Waals surface area contributed by atoms with Gasteiger partial charge in [0.25, 0.3) is 0 Å². The van der Waals surface area contributed by atoms with Crippen LogP contribution >= 0.6 is 7.82 Å². The molecule has 0 aromatic heterocycles. The highest BCUT2D eigenvalue weighted by atomic mass is 31.2. The zero-order valence-corrected chi connectivity index (χ0v) is 9.92. The summed E-state index contributed by atoms with van der Waals surface area (Å²) in [5.41, 5.74) is 0. The summed E-state index contributed by atoms with van der Waals surface area (Å²) in [6.45, 7) is -1.94. The van der Waals surface area contributed by atoms with Crippen LogP contribution in [-0.4, -0.2) is 78.7 Å². The van der Waals surface area contributed by atoms with Crippen molar-refractivity contribution in [2.75, 3.05) is 13.2 Å². The lowest BCUT2D eigenvalue weighted by atomic mass is 9.93. The van der Waals surface area contributed by atoms with Gasteiger partial charge >= 0.3 is 7.82 Å². The Kier molecular flexibility index (Phi) is 4.84. The van der Waals surface area contributed by atoms with Crippen LogP contribution < -0.4 is 0 Å². The fraction of sp³-hybridized carbons (Fsp3) is 1.00. The normalized spacial score (nSPS) is 41.9. The third-order valence-electron chi connectivity index (χ3n) is 2.49. The molecule has 18 heavy (non-hydrogen) atoms. The topological polar surface area (TPSA) is 177 Å². The predicted octanol–water partition coefficient (Wildman–Crippen LogP) is -3.74. The number of phosphoric acid groups is 1. The molecule has 1 heterocycles. The van der Waals surface area contributed by atoms with E-state index in [0.717, 1.165) is 0 Å². The molecule has 7 N–H and O–H groups in total. The van der Waals surface area contributed by atoms with Crippen LogP contribution in [0.1, 0.15) is 0 Å². The monoisotopic (exact) mass is 290 g/mol.